The average molecular weight is 243 g/mol. The molecule has 0 aliphatic heterocycles. The van der Waals surface area contributed by atoms with Gasteiger partial charge < -0.3 is 15.6 Å². The molecule has 0 saturated heterocycles. The van der Waals surface area contributed by atoms with Crippen molar-refractivity contribution in [2.45, 2.75) is 17.4 Å². The minimum absolute atomic E-state index is 0.144. The molecule has 6 heteroatoms. The normalized spacial score (nSPS) is 15.4. The molecule has 88 valence electrons. The highest BCUT2D eigenvalue weighted by atomic mass is 32.2. The molecule has 0 amide bonds. The number of hydrogen-bond donors (Lipinski definition) is 1. The third kappa shape index (κ3) is 2.40. The number of quaternary nitrogens is 1. The first-order chi connectivity index (χ1) is 7.15. The van der Waals surface area contributed by atoms with Crippen LogP contribution in [0.4, 0.5) is 0 Å². The summed E-state index contributed by atoms with van der Waals surface area (Å²) < 4.78 is 22.4. The van der Waals surface area contributed by atoms with E-state index >= 15 is 0 Å². The van der Waals surface area contributed by atoms with E-state index in [1.807, 2.05) is 0 Å². The Balaban J connectivity index is 3.19. The van der Waals surface area contributed by atoms with Crippen LogP contribution in [0.5, 0.6) is 0 Å². The third-order valence-electron chi connectivity index (χ3n) is 2.37. The van der Waals surface area contributed by atoms with E-state index in [2.05, 4.69) is 5.73 Å². The lowest BCUT2D eigenvalue weighted by Crippen LogP contribution is -2.75. The summed E-state index contributed by atoms with van der Waals surface area (Å²) in [6, 6.07) is 5.58. The van der Waals surface area contributed by atoms with E-state index in [0.29, 0.717) is 5.56 Å². The van der Waals surface area contributed by atoms with E-state index in [9.17, 15) is 18.3 Å². The zero-order valence-corrected chi connectivity index (χ0v) is 9.87. The van der Waals surface area contributed by atoms with Crippen LogP contribution in [-0.4, -0.2) is 20.6 Å². The maximum absolute atomic E-state index is 11.2. The van der Waals surface area contributed by atoms with Crippen LogP contribution in [0, 0.1) is 0 Å². The van der Waals surface area contributed by atoms with Gasteiger partial charge in [-0.3, -0.25) is 0 Å². The molecule has 0 unspecified atom stereocenters. The molecule has 1 atom stereocenters. The van der Waals surface area contributed by atoms with Crippen LogP contribution in [0.1, 0.15) is 12.5 Å². The molecule has 1 aromatic rings. The summed E-state index contributed by atoms with van der Waals surface area (Å²) in [4.78, 5) is 11.0. The summed E-state index contributed by atoms with van der Waals surface area (Å²) in [5.41, 5.74) is 2.54. The number of aliphatic carboxylic acids is 1. The largest absolute Gasteiger partial charge is 0.543 e. The number of benzene rings is 1. The van der Waals surface area contributed by atoms with Gasteiger partial charge in [-0.05, 0) is 12.1 Å². The quantitative estimate of drug-likeness (QED) is 0.683. The molecule has 0 heterocycles. The van der Waals surface area contributed by atoms with Crippen molar-refractivity contribution in [3.05, 3.63) is 29.8 Å². The third-order valence-corrected chi connectivity index (χ3v) is 3.50. The zero-order chi connectivity index (χ0) is 12.6. The Labute approximate surface area is 93.8 Å². The Kier molecular flexibility index (Phi) is 3.07. The first kappa shape index (κ1) is 12.7. The summed E-state index contributed by atoms with van der Waals surface area (Å²) in [6.07, 6.45) is 1.09. The second-order valence-corrected chi connectivity index (χ2v) is 5.93. The van der Waals surface area contributed by atoms with Crippen molar-refractivity contribution in [1.29, 1.82) is 0 Å². The summed E-state index contributed by atoms with van der Waals surface area (Å²) in [6.45, 7) is 1.40. The minimum Gasteiger partial charge on any atom is -0.543 e. The lowest BCUT2D eigenvalue weighted by Gasteiger charge is -2.22. The van der Waals surface area contributed by atoms with Gasteiger partial charge in [0.1, 0.15) is 5.97 Å². The molecule has 0 aliphatic carbocycles. The molecule has 0 spiro atoms. The number of rotatable bonds is 3. The molecule has 1 aromatic carbocycles. The van der Waals surface area contributed by atoms with Crippen molar-refractivity contribution in [3.8, 4) is 0 Å². The second-order valence-electron chi connectivity index (χ2n) is 3.92. The summed E-state index contributed by atoms with van der Waals surface area (Å²) >= 11 is 0. The van der Waals surface area contributed by atoms with E-state index in [-0.39, 0.29) is 4.90 Å². The van der Waals surface area contributed by atoms with Gasteiger partial charge in [0, 0.05) is 18.7 Å². The van der Waals surface area contributed by atoms with Gasteiger partial charge in [0.25, 0.3) is 0 Å². The molecule has 0 aromatic heterocycles. The van der Waals surface area contributed by atoms with Crippen LogP contribution in [0.2, 0.25) is 0 Å². The van der Waals surface area contributed by atoms with Gasteiger partial charge in [-0.15, -0.1) is 0 Å². The Hall–Kier alpha value is -1.40. The van der Waals surface area contributed by atoms with E-state index < -0.39 is 21.3 Å². The number of sulfone groups is 1. The van der Waals surface area contributed by atoms with Crippen molar-refractivity contribution in [1.82, 2.24) is 0 Å². The Bertz CT molecular complexity index is 502. The van der Waals surface area contributed by atoms with E-state index in [1.165, 1.54) is 31.2 Å². The van der Waals surface area contributed by atoms with E-state index in [1.54, 1.807) is 0 Å². The molecule has 3 N–H and O–H groups in total. The van der Waals surface area contributed by atoms with Crippen LogP contribution < -0.4 is 10.8 Å². The van der Waals surface area contributed by atoms with Crippen molar-refractivity contribution in [2.24, 2.45) is 0 Å². The van der Waals surface area contributed by atoms with Gasteiger partial charge in [0.15, 0.2) is 15.4 Å². The van der Waals surface area contributed by atoms with E-state index in [0.717, 1.165) is 6.26 Å². The summed E-state index contributed by atoms with van der Waals surface area (Å²) in [5, 5.41) is 10.8. The molecule has 5 nitrogen and oxygen atoms in total. The highest BCUT2D eigenvalue weighted by Crippen LogP contribution is 2.17. The van der Waals surface area contributed by atoms with Gasteiger partial charge in [0.05, 0.1) is 4.90 Å². The molecule has 1 rings (SSSR count). The van der Waals surface area contributed by atoms with Crippen LogP contribution in [0.15, 0.2) is 29.2 Å². The Morgan fingerprint density at radius 3 is 2.06 bits per heavy atom. The Morgan fingerprint density at radius 1 is 1.31 bits per heavy atom. The van der Waals surface area contributed by atoms with Gasteiger partial charge in [-0.25, -0.2) is 8.42 Å². The number of carboxylic acids is 1. The lowest BCUT2D eigenvalue weighted by molar-refractivity contribution is -0.489. The maximum atomic E-state index is 11.2. The summed E-state index contributed by atoms with van der Waals surface area (Å²) in [5.74, 6) is -1.31. The average Bonchev–Trinajstić information content (AvgIpc) is 2.16. The predicted molar refractivity (Wildman–Crippen MR) is 54.8 cm³/mol. The van der Waals surface area contributed by atoms with Crippen molar-refractivity contribution >= 4 is 15.8 Å². The molecular formula is C10H13NO4S. The van der Waals surface area contributed by atoms with Crippen LogP contribution in [0.3, 0.4) is 0 Å². The molecule has 0 aliphatic rings. The summed E-state index contributed by atoms with van der Waals surface area (Å²) in [7, 11) is -3.27. The Morgan fingerprint density at radius 2 is 1.75 bits per heavy atom. The smallest absolute Gasteiger partial charge is 0.175 e. The highest BCUT2D eigenvalue weighted by Gasteiger charge is 2.27. The number of carboxylic acid groups (broad SMARTS) is 1. The van der Waals surface area contributed by atoms with Crippen LogP contribution in [0.25, 0.3) is 0 Å². The monoisotopic (exact) mass is 243 g/mol. The standard InChI is InChI=1S/C10H13NO4S/c1-10(11,9(12)13)7-3-5-8(6-4-7)16(2,14)15/h3-6H,11H2,1-2H3,(H,12,13)/t10-/m0/s1. The van der Waals surface area contributed by atoms with Gasteiger partial charge >= 0.3 is 0 Å². The SMILES string of the molecule is C[C@@]([NH3+])(C(=O)[O-])c1ccc(S(C)(=O)=O)cc1. The maximum Gasteiger partial charge on any atom is 0.175 e. The van der Waals surface area contributed by atoms with Crippen molar-refractivity contribution in [2.75, 3.05) is 6.26 Å². The van der Waals surface area contributed by atoms with Gasteiger partial charge in [0.2, 0.25) is 0 Å². The highest BCUT2D eigenvalue weighted by molar-refractivity contribution is 7.90. The number of carbonyl (C=O) groups is 1. The first-order valence-corrected chi connectivity index (χ1v) is 6.42. The van der Waals surface area contributed by atoms with Crippen LogP contribution >= 0.6 is 0 Å². The molecule has 16 heavy (non-hydrogen) atoms. The fourth-order valence-electron chi connectivity index (χ4n) is 1.19. The first-order valence-electron chi connectivity index (χ1n) is 4.53. The second kappa shape index (κ2) is 3.88. The number of carbonyl (C=O) groups excluding carboxylic acids is 1. The number of hydrogen-bond acceptors (Lipinski definition) is 4. The minimum atomic E-state index is -3.27. The molecule has 0 fully saturated rings. The van der Waals surface area contributed by atoms with E-state index in [4.69, 9.17) is 0 Å². The predicted octanol–water partition coefficient (Wildman–Crippen LogP) is -1.70. The molecule has 0 saturated carbocycles. The lowest BCUT2D eigenvalue weighted by atomic mass is 9.94. The van der Waals surface area contributed by atoms with Crippen molar-refractivity contribution in [3.63, 3.8) is 0 Å². The topological polar surface area (TPSA) is 102 Å². The van der Waals surface area contributed by atoms with Gasteiger partial charge in [-0.2, -0.15) is 0 Å². The fourth-order valence-corrected chi connectivity index (χ4v) is 1.82. The zero-order valence-electron chi connectivity index (χ0n) is 9.06. The molecule has 0 bridgehead atoms. The fraction of sp³-hybridized carbons (Fsp3) is 0.300. The van der Waals surface area contributed by atoms with Crippen LogP contribution in [-0.2, 0) is 20.2 Å². The van der Waals surface area contributed by atoms with Crippen molar-refractivity contribution < 1.29 is 24.1 Å². The molecule has 0 radical (unpaired) electrons. The molecular weight excluding hydrogens is 230 g/mol. The van der Waals surface area contributed by atoms with Gasteiger partial charge in [-0.1, -0.05) is 12.1 Å².